The molecule has 2 N–H and O–H groups in total. The summed E-state index contributed by atoms with van der Waals surface area (Å²) in [5.41, 5.74) is -1.92. The van der Waals surface area contributed by atoms with Gasteiger partial charge in [-0.15, -0.1) is 0 Å². The molecular formula is C10H14O4. The van der Waals surface area contributed by atoms with Gasteiger partial charge in [0.1, 0.15) is 0 Å². The molecule has 0 aromatic carbocycles. The lowest BCUT2D eigenvalue weighted by molar-refractivity contribution is -0.167. The van der Waals surface area contributed by atoms with E-state index < -0.39 is 22.8 Å². The molecule has 0 saturated heterocycles. The summed E-state index contributed by atoms with van der Waals surface area (Å²) in [6, 6.07) is 0. The molecule has 0 atom stereocenters. The highest BCUT2D eigenvalue weighted by molar-refractivity contribution is 5.88. The molecule has 2 fully saturated rings. The summed E-state index contributed by atoms with van der Waals surface area (Å²) in [5, 5.41) is 18.4. The predicted octanol–water partition coefficient (Wildman–Crippen LogP) is 1.50. The number of aliphatic carboxylic acids is 2. The zero-order valence-electron chi connectivity index (χ0n) is 7.95. The Balaban J connectivity index is 2.48. The number of carboxylic acids is 2. The van der Waals surface area contributed by atoms with E-state index in [1.54, 1.807) is 0 Å². The molecule has 0 aromatic rings. The number of hydrogen-bond acceptors (Lipinski definition) is 2. The second kappa shape index (κ2) is 2.72. The Morgan fingerprint density at radius 1 is 0.786 bits per heavy atom. The SMILES string of the molecule is O=C(O)C12CCCC1(C(=O)O)CCC2. The number of hydrogen-bond donors (Lipinski definition) is 2. The summed E-state index contributed by atoms with van der Waals surface area (Å²) in [6.45, 7) is 0. The lowest BCUT2D eigenvalue weighted by atomic mass is 9.68. The Hall–Kier alpha value is -1.06. The van der Waals surface area contributed by atoms with Crippen LogP contribution in [0, 0.1) is 10.8 Å². The summed E-state index contributed by atoms with van der Waals surface area (Å²) in [6.07, 6.45) is 3.61. The molecule has 0 bridgehead atoms. The molecule has 0 aromatic heterocycles. The second-order valence-corrected chi connectivity index (χ2v) is 4.48. The van der Waals surface area contributed by atoms with Gasteiger partial charge in [-0.05, 0) is 25.7 Å². The van der Waals surface area contributed by atoms with Crippen LogP contribution in [0.25, 0.3) is 0 Å². The first-order valence-corrected chi connectivity index (χ1v) is 5.02. The van der Waals surface area contributed by atoms with Crippen LogP contribution in [0.4, 0.5) is 0 Å². The number of carbonyl (C=O) groups is 2. The summed E-state index contributed by atoms with van der Waals surface area (Å²) in [7, 11) is 0. The Morgan fingerprint density at radius 2 is 1.07 bits per heavy atom. The van der Waals surface area contributed by atoms with Crippen LogP contribution in [-0.2, 0) is 9.59 Å². The zero-order chi connectivity index (χ0) is 10.4. The van der Waals surface area contributed by atoms with Crippen molar-refractivity contribution < 1.29 is 19.8 Å². The van der Waals surface area contributed by atoms with Gasteiger partial charge in [-0.25, -0.2) is 0 Å². The van der Waals surface area contributed by atoms with Crippen LogP contribution in [0.3, 0.4) is 0 Å². The summed E-state index contributed by atoms with van der Waals surface area (Å²) >= 11 is 0. The summed E-state index contributed by atoms with van der Waals surface area (Å²) in [4.78, 5) is 22.5. The first-order valence-electron chi connectivity index (χ1n) is 5.02. The minimum atomic E-state index is -0.959. The van der Waals surface area contributed by atoms with Crippen LogP contribution in [0.2, 0.25) is 0 Å². The van der Waals surface area contributed by atoms with Crippen molar-refractivity contribution in [1.29, 1.82) is 0 Å². The maximum absolute atomic E-state index is 11.3. The van der Waals surface area contributed by atoms with Gasteiger partial charge in [0.25, 0.3) is 0 Å². The smallest absolute Gasteiger partial charge is 0.310 e. The van der Waals surface area contributed by atoms with Gasteiger partial charge in [0.2, 0.25) is 0 Å². The molecule has 0 spiro atoms. The molecule has 14 heavy (non-hydrogen) atoms. The van der Waals surface area contributed by atoms with Gasteiger partial charge in [-0.1, -0.05) is 12.8 Å². The molecule has 4 nitrogen and oxygen atoms in total. The van der Waals surface area contributed by atoms with Crippen LogP contribution >= 0.6 is 0 Å². The lowest BCUT2D eigenvalue weighted by Crippen LogP contribution is -2.44. The maximum Gasteiger partial charge on any atom is 0.310 e. The predicted molar refractivity (Wildman–Crippen MR) is 47.8 cm³/mol. The Morgan fingerprint density at radius 3 is 1.29 bits per heavy atom. The van der Waals surface area contributed by atoms with Crippen LogP contribution in [0.5, 0.6) is 0 Å². The lowest BCUT2D eigenvalue weighted by Gasteiger charge is -2.33. The quantitative estimate of drug-likeness (QED) is 0.705. The largest absolute Gasteiger partial charge is 0.481 e. The topological polar surface area (TPSA) is 74.6 Å². The average Bonchev–Trinajstić information content (AvgIpc) is 2.56. The summed E-state index contributed by atoms with van der Waals surface area (Å²) in [5.74, 6) is -1.82. The van der Waals surface area contributed by atoms with Crippen molar-refractivity contribution >= 4 is 11.9 Å². The van der Waals surface area contributed by atoms with E-state index in [-0.39, 0.29) is 0 Å². The minimum absolute atomic E-state index is 0.536. The normalized spacial score (nSPS) is 40.9. The highest BCUT2D eigenvalue weighted by Crippen LogP contribution is 2.63. The fourth-order valence-corrected chi connectivity index (χ4v) is 3.43. The molecule has 2 aliphatic rings. The van der Waals surface area contributed by atoms with E-state index in [9.17, 15) is 19.8 Å². The number of fused-ring (bicyclic) bond motifs is 1. The van der Waals surface area contributed by atoms with Crippen molar-refractivity contribution in [2.24, 2.45) is 10.8 Å². The van der Waals surface area contributed by atoms with E-state index in [1.165, 1.54) is 0 Å². The fourth-order valence-electron chi connectivity index (χ4n) is 3.43. The van der Waals surface area contributed by atoms with E-state index in [0.717, 1.165) is 12.8 Å². The second-order valence-electron chi connectivity index (χ2n) is 4.48. The Labute approximate surface area is 81.9 Å². The molecule has 78 valence electrons. The molecule has 4 heteroatoms. The van der Waals surface area contributed by atoms with Gasteiger partial charge in [-0.2, -0.15) is 0 Å². The Bertz CT molecular complexity index is 256. The molecule has 0 unspecified atom stereocenters. The van der Waals surface area contributed by atoms with Crippen LogP contribution < -0.4 is 0 Å². The van der Waals surface area contributed by atoms with Crippen LogP contribution in [0.15, 0.2) is 0 Å². The highest BCUT2D eigenvalue weighted by Gasteiger charge is 2.66. The van der Waals surface area contributed by atoms with Crippen molar-refractivity contribution in [3.63, 3.8) is 0 Å². The molecule has 2 aliphatic carbocycles. The third kappa shape index (κ3) is 0.837. The minimum Gasteiger partial charge on any atom is -0.481 e. The first kappa shape index (κ1) is 9.49. The van der Waals surface area contributed by atoms with Gasteiger partial charge in [-0.3, -0.25) is 9.59 Å². The third-order valence-electron chi connectivity index (χ3n) is 4.15. The monoisotopic (exact) mass is 198 g/mol. The average molecular weight is 198 g/mol. The molecule has 2 rings (SSSR count). The van der Waals surface area contributed by atoms with Gasteiger partial charge < -0.3 is 10.2 Å². The van der Waals surface area contributed by atoms with Crippen molar-refractivity contribution in [1.82, 2.24) is 0 Å². The fraction of sp³-hybridized carbons (Fsp3) is 0.800. The van der Waals surface area contributed by atoms with E-state index in [1.807, 2.05) is 0 Å². The van der Waals surface area contributed by atoms with Crippen molar-refractivity contribution in [3.8, 4) is 0 Å². The van der Waals surface area contributed by atoms with Crippen molar-refractivity contribution in [2.45, 2.75) is 38.5 Å². The van der Waals surface area contributed by atoms with Gasteiger partial charge >= 0.3 is 11.9 Å². The maximum atomic E-state index is 11.3. The summed E-state index contributed by atoms with van der Waals surface area (Å²) < 4.78 is 0. The van der Waals surface area contributed by atoms with Crippen molar-refractivity contribution in [2.75, 3.05) is 0 Å². The van der Waals surface area contributed by atoms with Crippen LogP contribution in [-0.4, -0.2) is 22.2 Å². The van der Waals surface area contributed by atoms with Gasteiger partial charge in [0.05, 0.1) is 10.8 Å². The Kier molecular flexibility index (Phi) is 1.84. The highest BCUT2D eigenvalue weighted by atomic mass is 16.4. The first-order chi connectivity index (χ1) is 6.55. The number of carboxylic acid groups (broad SMARTS) is 2. The molecule has 2 saturated carbocycles. The van der Waals surface area contributed by atoms with E-state index in [2.05, 4.69) is 0 Å². The standard InChI is InChI=1S/C10H14O4/c11-7(12)9-3-1-4-10(9,8(13)14)6-2-5-9/h1-6H2,(H,11,12)(H,13,14). The third-order valence-corrected chi connectivity index (χ3v) is 4.15. The van der Waals surface area contributed by atoms with E-state index in [4.69, 9.17) is 0 Å². The number of rotatable bonds is 2. The van der Waals surface area contributed by atoms with Gasteiger partial charge in [0, 0.05) is 0 Å². The molecule has 0 aliphatic heterocycles. The zero-order valence-corrected chi connectivity index (χ0v) is 7.95. The molecule has 0 heterocycles. The van der Waals surface area contributed by atoms with Gasteiger partial charge in [0.15, 0.2) is 0 Å². The molecule has 0 radical (unpaired) electrons. The molecular weight excluding hydrogens is 184 g/mol. The molecule has 0 amide bonds. The van der Waals surface area contributed by atoms with E-state index >= 15 is 0 Å². The van der Waals surface area contributed by atoms with E-state index in [0.29, 0.717) is 25.7 Å². The van der Waals surface area contributed by atoms with Crippen molar-refractivity contribution in [3.05, 3.63) is 0 Å². The van der Waals surface area contributed by atoms with Crippen LogP contribution in [0.1, 0.15) is 38.5 Å².